The van der Waals surface area contributed by atoms with E-state index in [1.165, 1.54) is 30.5 Å². The summed E-state index contributed by atoms with van der Waals surface area (Å²) in [5.74, 6) is 0.600. The summed E-state index contributed by atoms with van der Waals surface area (Å²) in [4.78, 5) is 2.69. The minimum Gasteiger partial charge on any atom is -0.381 e. The van der Waals surface area contributed by atoms with Crippen LogP contribution in [0.3, 0.4) is 0 Å². The van der Waals surface area contributed by atoms with Crippen LogP contribution >= 0.6 is 0 Å². The molecule has 1 aromatic rings. The number of aryl methyl sites for hydroxylation is 1. The molecule has 0 bridgehead atoms. The highest BCUT2D eigenvalue weighted by molar-refractivity contribution is 5.23. The Bertz CT molecular complexity index is 470. The van der Waals surface area contributed by atoms with Crippen LogP contribution in [0.2, 0.25) is 0 Å². The quantitative estimate of drug-likeness (QED) is 0.853. The molecule has 22 heavy (non-hydrogen) atoms. The fourth-order valence-electron chi connectivity index (χ4n) is 4.07. The van der Waals surface area contributed by atoms with Crippen molar-refractivity contribution in [1.82, 2.24) is 4.90 Å². The summed E-state index contributed by atoms with van der Waals surface area (Å²) in [5, 5.41) is 0. The SMILES string of the molecule is CO[C@@H]1CCN(C2CCOCC2)C[C@@H]1Cc1cccc(C)c1. The van der Waals surface area contributed by atoms with Gasteiger partial charge in [-0.3, -0.25) is 4.90 Å². The van der Waals surface area contributed by atoms with Gasteiger partial charge in [-0.15, -0.1) is 0 Å². The van der Waals surface area contributed by atoms with Crippen LogP contribution in [0.4, 0.5) is 0 Å². The first-order chi connectivity index (χ1) is 10.8. The number of hydrogen-bond acceptors (Lipinski definition) is 3. The van der Waals surface area contributed by atoms with Gasteiger partial charge in [0.15, 0.2) is 0 Å². The maximum atomic E-state index is 5.79. The lowest BCUT2D eigenvalue weighted by Crippen LogP contribution is -2.50. The van der Waals surface area contributed by atoms with Crippen molar-refractivity contribution in [3.8, 4) is 0 Å². The number of nitrogens with zero attached hydrogens (tertiary/aromatic N) is 1. The smallest absolute Gasteiger partial charge is 0.0627 e. The Morgan fingerprint density at radius 2 is 2.05 bits per heavy atom. The number of methoxy groups -OCH3 is 1. The fraction of sp³-hybridized carbons (Fsp3) is 0.684. The molecule has 0 spiro atoms. The van der Waals surface area contributed by atoms with E-state index in [1.807, 2.05) is 7.11 Å². The van der Waals surface area contributed by atoms with Crippen LogP contribution in [-0.4, -0.2) is 50.5 Å². The molecule has 0 N–H and O–H groups in total. The third-order valence-electron chi connectivity index (χ3n) is 5.29. The van der Waals surface area contributed by atoms with E-state index >= 15 is 0 Å². The Labute approximate surface area is 134 Å². The highest BCUT2D eigenvalue weighted by atomic mass is 16.5. The maximum Gasteiger partial charge on any atom is 0.0627 e. The predicted molar refractivity (Wildman–Crippen MR) is 89.2 cm³/mol. The molecule has 3 heteroatoms. The fourth-order valence-corrected chi connectivity index (χ4v) is 4.07. The summed E-state index contributed by atoms with van der Waals surface area (Å²) in [6.45, 7) is 6.37. The third-order valence-corrected chi connectivity index (χ3v) is 5.29. The number of ether oxygens (including phenoxy) is 2. The van der Waals surface area contributed by atoms with E-state index in [1.54, 1.807) is 0 Å². The van der Waals surface area contributed by atoms with Gasteiger partial charge in [0.05, 0.1) is 6.10 Å². The Morgan fingerprint density at radius 1 is 1.23 bits per heavy atom. The molecule has 0 unspecified atom stereocenters. The summed E-state index contributed by atoms with van der Waals surface area (Å²) in [5.41, 5.74) is 2.80. The van der Waals surface area contributed by atoms with Crippen LogP contribution in [0.15, 0.2) is 24.3 Å². The number of benzene rings is 1. The highest BCUT2D eigenvalue weighted by Crippen LogP contribution is 2.27. The number of likely N-dealkylation sites (tertiary alicyclic amines) is 1. The van der Waals surface area contributed by atoms with Gasteiger partial charge >= 0.3 is 0 Å². The van der Waals surface area contributed by atoms with Crippen molar-refractivity contribution in [2.24, 2.45) is 5.92 Å². The first kappa shape index (κ1) is 16.0. The van der Waals surface area contributed by atoms with Crippen molar-refractivity contribution in [2.45, 2.75) is 44.8 Å². The van der Waals surface area contributed by atoms with Gasteiger partial charge in [-0.25, -0.2) is 0 Å². The third kappa shape index (κ3) is 3.89. The monoisotopic (exact) mass is 303 g/mol. The summed E-state index contributed by atoms with van der Waals surface area (Å²) >= 11 is 0. The topological polar surface area (TPSA) is 21.7 Å². The molecule has 0 amide bonds. The first-order valence-electron chi connectivity index (χ1n) is 8.66. The van der Waals surface area contributed by atoms with Crippen LogP contribution in [0.25, 0.3) is 0 Å². The lowest BCUT2D eigenvalue weighted by atomic mass is 9.87. The molecule has 2 fully saturated rings. The second kappa shape index (κ2) is 7.58. The average Bonchev–Trinajstić information content (AvgIpc) is 2.56. The molecule has 2 atom stereocenters. The van der Waals surface area contributed by atoms with Crippen LogP contribution in [-0.2, 0) is 15.9 Å². The van der Waals surface area contributed by atoms with Crippen molar-refractivity contribution in [2.75, 3.05) is 33.4 Å². The lowest BCUT2D eigenvalue weighted by Gasteiger charge is -2.43. The van der Waals surface area contributed by atoms with Crippen LogP contribution in [0, 0.1) is 12.8 Å². The molecule has 2 aliphatic rings. The zero-order valence-electron chi connectivity index (χ0n) is 14.0. The van der Waals surface area contributed by atoms with E-state index in [2.05, 4.69) is 36.1 Å². The Hall–Kier alpha value is -0.900. The highest BCUT2D eigenvalue weighted by Gasteiger charge is 2.33. The summed E-state index contributed by atoms with van der Waals surface area (Å²) in [6.07, 6.45) is 5.06. The van der Waals surface area contributed by atoms with Gasteiger partial charge in [0, 0.05) is 45.4 Å². The Kier molecular flexibility index (Phi) is 5.51. The van der Waals surface area contributed by atoms with Gasteiger partial charge in [-0.1, -0.05) is 29.8 Å². The van der Waals surface area contributed by atoms with Crippen molar-refractivity contribution >= 4 is 0 Å². The van der Waals surface area contributed by atoms with E-state index in [-0.39, 0.29) is 0 Å². The zero-order chi connectivity index (χ0) is 15.4. The van der Waals surface area contributed by atoms with Crippen molar-refractivity contribution in [1.29, 1.82) is 0 Å². The van der Waals surface area contributed by atoms with E-state index in [4.69, 9.17) is 9.47 Å². The van der Waals surface area contributed by atoms with Gasteiger partial charge in [0.1, 0.15) is 0 Å². The molecular weight excluding hydrogens is 274 g/mol. The summed E-state index contributed by atoms with van der Waals surface area (Å²) < 4.78 is 11.3. The molecular formula is C19H29NO2. The zero-order valence-corrected chi connectivity index (χ0v) is 14.0. The summed E-state index contributed by atoms with van der Waals surface area (Å²) in [7, 11) is 1.87. The average molecular weight is 303 g/mol. The van der Waals surface area contributed by atoms with Crippen LogP contribution < -0.4 is 0 Å². The van der Waals surface area contributed by atoms with Crippen LogP contribution in [0.5, 0.6) is 0 Å². The summed E-state index contributed by atoms with van der Waals surface area (Å²) in [6, 6.07) is 9.64. The molecule has 0 radical (unpaired) electrons. The molecule has 0 aliphatic carbocycles. The second-order valence-electron chi connectivity index (χ2n) is 6.85. The Morgan fingerprint density at radius 3 is 2.77 bits per heavy atom. The molecule has 2 aliphatic heterocycles. The normalized spacial score (nSPS) is 27.9. The molecule has 2 heterocycles. The molecule has 0 saturated carbocycles. The van der Waals surface area contributed by atoms with Gasteiger partial charge in [-0.2, -0.15) is 0 Å². The second-order valence-corrected chi connectivity index (χ2v) is 6.85. The number of piperidine rings is 1. The van der Waals surface area contributed by atoms with Gasteiger partial charge in [0.25, 0.3) is 0 Å². The van der Waals surface area contributed by atoms with Crippen molar-refractivity contribution in [3.05, 3.63) is 35.4 Å². The lowest BCUT2D eigenvalue weighted by molar-refractivity contribution is -0.0385. The van der Waals surface area contributed by atoms with E-state index in [9.17, 15) is 0 Å². The van der Waals surface area contributed by atoms with Gasteiger partial charge < -0.3 is 9.47 Å². The van der Waals surface area contributed by atoms with E-state index in [0.29, 0.717) is 18.1 Å². The maximum absolute atomic E-state index is 5.79. The molecule has 2 saturated heterocycles. The molecule has 3 nitrogen and oxygen atoms in total. The van der Waals surface area contributed by atoms with Gasteiger partial charge in [0.2, 0.25) is 0 Å². The van der Waals surface area contributed by atoms with Gasteiger partial charge in [-0.05, 0) is 38.2 Å². The van der Waals surface area contributed by atoms with Crippen LogP contribution in [0.1, 0.15) is 30.4 Å². The van der Waals surface area contributed by atoms with E-state index < -0.39 is 0 Å². The van der Waals surface area contributed by atoms with Crippen molar-refractivity contribution in [3.63, 3.8) is 0 Å². The number of hydrogen-bond donors (Lipinski definition) is 0. The number of rotatable bonds is 4. The molecule has 122 valence electrons. The standard InChI is InChI=1S/C19H29NO2/c1-15-4-3-5-16(12-15)13-17-14-20(9-6-19(17)21-2)18-7-10-22-11-8-18/h3-5,12,17-19H,6-11,13-14H2,1-2H3/t17-,19+/m0/s1. The molecule has 3 rings (SSSR count). The van der Waals surface area contributed by atoms with E-state index in [0.717, 1.165) is 32.6 Å². The molecule has 0 aromatic heterocycles. The predicted octanol–water partition coefficient (Wildman–Crippen LogP) is 3.05. The molecule has 1 aromatic carbocycles. The largest absolute Gasteiger partial charge is 0.381 e. The minimum absolute atomic E-state index is 0.400. The Balaban J connectivity index is 1.66. The van der Waals surface area contributed by atoms with Crippen molar-refractivity contribution < 1.29 is 9.47 Å². The minimum atomic E-state index is 0.400. The first-order valence-corrected chi connectivity index (χ1v) is 8.66.